The predicted octanol–water partition coefficient (Wildman–Crippen LogP) is 1.02. The van der Waals surface area contributed by atoms with E-state index in [0.29, 0.717) is 28.8 Å². The van der Waals surface area contributed by atoms with Gasteiger partial charge in [-0.05, 0) is 35.9 Å². The van der Waals surface area contributed by atoms with E-state index in [2.05, 4.69) is 4.98 Å². The van der Waals surface area contributed by atoms with Gasteiger partial charge in [0.25, 0.3) is 5.56 Å². The first-order valence-corrected chi connectivity index (χ1v) is 6.43. The quantitative estimate of drug-likeness (QED) is 0.763. The maximum absolute atomic E-state index is 11.8. The normalized spacial score (nSPS) is 10.4. The van der Waals surface area contributed by atoms with Crippen molar-refractivity contribution in [2.75, 3.05) is 14.1 Å². The monoisotopic (exact) mass is 349 g/mol. The van der Waals surface area contributed by atoms with Crippen molar-refractivity contribution in [3.63, 3.8) is 0 Å². The molecule has 1 heterocycles. The van der Waals surface area contributed by atoms with Crippen LogP contribution in [0, 0.1) is 10.5 Å². The van der Waals surface area contributed by atoms with Gasteiger partial charge in [-0.2, -0.15) is 0 Å². The summed E-state index contributed by atoms with van der Waals surface area (Å²) in [6.07, 6.45) is 2.67. The van der Waals surface area contributed by atoms with Crippen molar-refractivity contribution in [3.05, 3.63) is 25.9 Å². The number of hydrogen-bond donors (Lipinski definition) is 0. The lowest BCUT2D eigenvalue weighted by atomic mass is 10.3. The largest absolute Gasteiger partial charge is 0.349 e. The first-order valence-electron chi connectivity index (χ1n) is 5.35. The van der Waals surface area contributed by atoms with Crippen LogP contribution in [0.5, 0.6) is 0 Å². The van der Waals surface area contributed by atoms with Gasteiger partial charge >= 0.3 is 0 Å². The summed E-state index contributed by atoms with van der Waals surface area (Å²) in [7, 11) is 3.46. The van der Waals surface area contributed by atoms with Crippen LogP contribution in [0.4, 0.5) is 0 Å². The third-order valence-electron chi connectivity index (χ3n) is 2.48. The number of aryl methyl sites for hydroxylation is 1. The van der Waals surface area contributed by atoms with Crippen LogP contribution in [0.15, 0.2) is 11.0 Å². The van der Waals surface area contributed by atoms with E-state index >= 15 is 0 Å². The first-order chi connectivity index (χ1) is 7.93. The zero-order valence-electron chi connectivity index (χ0n) is 10.2. The summed E-state index contributed by atoms with van der Waals surface area (Å²) in [6.45, 7) is 2.33. The second-order valence-corrected chi connectivity index (χ2v) is 5.16. The Morgan fingerprint density at radius 3 is 2.76 bits per heavy atom. The number of hydrogen-bond acceptors (Lipinski definition) is 3. The van der Waals surface area contributed by atoms with Gasteiger partial charge in [-0.1, -0.05) is 0 Å². The molecule has 0 saturated carbocycles. The fourth-order valence-corrected chi connectivity index (χ4v) is 1.86. The van der Waals surface area contributed by atoms with Crippen LogP contribution in [-0.4, -0.2) is 34.5 Å². The van der Waals surface area contributed by atoms with Crippen LogP contribution < -0.4 is 5.56 Å². The summed E-state index contributed by atoms with van der Waals surface area (Å²) in [5, 5.41) is 0. The molecule has 0 N–H and O–H groups in total. The molecule has 1 aromatic heterocycles. The molecule has 0 radical (unpaired) electrons. The van der Waals surface area contributed by atoms with Gasteiger partial charge in [0.2, 0.25) is 5.91 Å². The van der Waals surface area contributed by atoms with Gasteiger partial charge in [0.1, 0.15) is 5.82 Å². The molecule has 17 heavy (non-hydrogen) atoms. The molecule has 0 aliphatic rings. The number of halogens is 1. The molecule has 0 aliphatic heterocycles. The van der Waals surface area contributed by atoms with Gasteiger partial charge in [0, 0.05) is 33.3 Å². The molecular weight excluding hydrogens is 333 g/mol. The number of amides is 1. The molecule has 0 aromatic carbocycles. The standard InChI is InChI=1S/C11H16IN3O2/c1-8-13-7-9(12)11(17)15(8)6-4-5-10(16)14(2)3/h7H,4-6H2,1-3H3. The molecule has 94 valence electrons. The minimum atomic E-state index is -0.0320. The van der Waals surface area contributed by atoms with Crippen molar-refractivity contribution in [1.82, 2.24) is 14.5 Å². The van der Waals surface area contributed by atoms with E-state index in [4.69, 9.17) is 0 Å². The molecule has 0 saturated heterocycles. The fourth-order valence-electron chi connectivity index (χ4n) is 1.43. The van der Waals surface area contributed by atoms with Crippen LogP contribution in [0.3, 0.4) is 0 Å². The van der Waals surface area contributed by atoms with Crippen molar-refractivity contribution >= 4 is 28.5 Å². The van der Waals surface area contributed by atoms with Crippen LogP contribution in [0.25, 0.3) is 0 Å². The van der Waals surface area contributed by atoms with Gasteiger partial charge < -0.3 is 4.90 Å². The topological polar surface area (TPSA) is 55.2 Å². The Balaban J connectivity index is 2.67. The Morgan fingerprint density at radius 1 is 1.53 bits per heavy atom. The second kappa shape index (κ2) is 6.13. The van der Waals surface area contributed by atoms with E-state index in [1.165, 1.54) is 0 Å². The summed E-state index contributed by atoms with van der Waals surface area (Å²) < 4.78 is 2.22. The molecule has 0 unspecified atom stereocenters. The average molecular weight is 349 g/mol. The van der Waals surface area contributed by atoms with Crippen molar-refractivity contribution in [2.45, 2.75) is 26.3 Å². The molecule has 1 amide bonds. The van der Waals surface area contributed by atoms with Gasteiger partial charge in [-0.25, -0.2) is 4.98 Å². The number of carbonyl (C=O) groups is 1. The summed E-state index contributed by atoms with van der Waals surface area (Å²) in [4.78, 5) is 28.9. The van der Waals surface area contributed by atoms with Crippen molar-refractivity contribution in [1.29, 1.82) is 0 Å². The Hall–Kier alpha value is -0.920. The molecular formula is C11H16IN3O2. The van der Waals surface area contributed by atoms with Crippen molar-refractivity contribution in [2.24, 2.45) is 0 Å². The van der Waals surface area contributed by atoms with Crippen LogP contribution >= 0.6 is 22.6 Å². The zero-order chi connectivity index (χ0) is 13.0. The maximum Gasteiger partial charge on any atom is 0.266 e. The van der Waals surface area contributed by atoms with Crippen LogP contribution in [-0.2, 0) is 11.3 Å². The summed E-state index contributed by atoms with van der Waals surface area (Å²) in [6, 6.07) is 0. The van der Waals surface area contributed by atoms with E-state index in [1.807, 2.05) is 22.6 Å². The summed E-state index contributed by atoms with van der Waals surface area (Å²) in [5.74, 6) is 0.766. The molecule has 0 atom stereocenters. The molecule has 0 fully saturated rings. The van der Waals surface area contributed by atoms with Gasteiger partial charge in [0.15, 0.2) is 0 Å². The smallest absolute Gasteiger partial charge is 0.266 e. The average Bonchev–Trinajstić information content (AvgIpc) is 2.28. The highest BCUT2D eigenvalue weighted by atomic mass is 127. The third kappa shape index (κ3) is 3.79. The van der Waals surface area contributed by atoms with Gasteiger partial charge in [-0.3, -0.25) is 14.2 Å². The van der Waals surface area contributed by atoms with Crippen LogP contribution in [0.1, 0.15) is 18.7 Å². The minimum Gasteiger partial charge on any atom is -0.349 e. The number of rotatable bonds is 4. The number of carbonyl (C=O) groups excluding carboxylic acids is 1. The lowest BCUT2D eigenvalue weighted by molar-refractivity contribution is -0.128. The SMILES string of the molecule is Cc1ncc(I)c(=O)n1CCCC(=O)N(C)C. The molecule has 0 spiro atoms. The Morgan fingerprint density at radius 2 is 2.18 bits per heavy atom. The predicted molar refractivity (Wildman–Crippen MR) is 73.9 cm³/mol. The zero-order valence-corrected chi connectivity index (χ0v) is 12.4. The van der Waals surface area contributed by atoms with Gasteiger partial charge in [-0.15, -0.1) is 0 Å². The fraction of sp³-hybridized carbons (Fsp3) is 0.545. The molecule has 0 bridgehead atoms. The minimum absolute atomic E-state index is 0.0320. The molecule has 5 nitrogen and oxygen atoms in total. The Labute approximate surface area is 114 Å². The van der Waals surface area contributed by atoms with Crippen molar-refractivity contribution < 1.29 is 4.79 Å². The first kappa shape index (κ1) is 14.1. The maximum atomic E-state index is 11.8. The van der Waals surface area contributed by atoms with E-state index in [0.717, 1.165) is 0 Å². The molecule has 1 rings (SSSR count). The number of aromatic nitrogens is 2. The molecule has 1 aromatic rings. The Bertz CT molecular complexity index is 468. The van der Waals surface area contributed by atoms with E-state index in [9.17, 15) is 9.59 Å². The van der Waals surface area contributed by atoms with Gasteiger partial charge in [0.05, 0.1) is 3.57 Å². The van der Waals surface area contributed by atoms with E-state index in [-0.39, 0.29) is 11.5 Å². The van der Waals surface area contributed by atoms with Crippen molar-refractivity contribution in [3.8, 4) is 0 Å². The highest BCUT2D eigenvalue weighted by Gasteiger charge is 2.07. The lowest BCUT2D eigenvalue weighted by Gasteiger charge is -2.11. The van der Waals surface area contributed by atoms with E-state index in [1.54, 1.807) is 36.7 Å². The number of nitrogens with zero attached hydrogens (tertiary/aromatic N) is 3. The van der Waals surface area contributed by atoms with E-state index < -0.39 is 0 Å². The third-order valence-corrected chi connectivity index (χ3v) is 3.22. The molecule has 6 heteroatoms. The lowest BCUT2D eigenvalue weighted by Crippen LogP contribution is -2.27. The second-order valence-electron chi connectivity index (χ2n) is 4.00. The van der Waals surface area contributed by atoms with Crippen LogP contribution in [0.2, 0.25) is 0 Å². The summed E-state index contributed by atoms with van der Waals surface area (Å²) >= 11 is 1.97. The highest BCUT2D eigenvalue weighted by molar-refractivity contribution is 14.1. The highest BCUT2D eigenvalue weighted by Crippen LogP contribution is 2.01. The summed E-state index contributed by atoms with van der Waals surface area (Å²) in [5.41, 5.74) is -0.0320. The Kier molecular flexibility index (Phi) is 5.10. The molecule has 0 aliphatic carbocycles.